The highest BCUT2D eigenvalue weighted by Gasteiger charge is 2.37. The van der Waals surface area contributed by atoms with Crippen LogP contribution in [0.4, 0.5) is 4.39 Å². The Morgan fingerprint density at radius 1 is 1.17 bits per heavy atom. The molecule has 0 bridgehead atoms. The Hall–Kier alpha value is -1.75. The van der Waals surface area contributed by atoms with Gasteiger partial charge in [0.25, 0.3) is 0 Å². The monoisotopic (exact) mass is 246 g/mol. The summed E-state index contributed by atoms with van der Waals surface area (Å²) in [7, 11) is 0. The van der Waals surface area contributed by atoms with Crippen LogP contribution in [0, 0.1) is 0 Å². The predicted molar refractivity (Wildman–Crippen MR) is 66.2 cm³/mol. The number of aromatic nitrogens is 3. The molecule has 0 aliphatic carbocycles. The molecule has 1 fully saturated rings. The number of alkyl halides is 1. The first-order valence-electron chi connectivity index (χ1n) is 6.16. The zero-order valence-corrected chi connectivity index (χ0v) is 10.0. The van der Waals surface area contributed by atoms with Crippen molar-refractivity contribution in [3.63, 3.8) is 0 Å². The number of hydrogen-bond donors (Lipinski definition) is 1. The predicted octanol–water partition coefficient (Wildman–Crippen LogP) is 1.82. The fourth-order valence-electron chi connectivity index (χ4n) is 2.38. The van der Waals surface area contributed by atoms with Gasteiger partial charge in [0, 0.05) is 0 Å². The minimum Gasteiger partial charge on any atom is -0.316 e. The quantitative estimate of drug-likeness (QED) is 0.879. The summed E-state index contributed by atoms with van der Waals surface area (Å²) < 4.78 is 16.5. The van der Waals surface area contributed by atoms with Crippen LogP contribution in [0.3, 0.4) is 0 Å². The Kier molecular flexibility index (Phi) is 2.83. The lowest BCUT2D eigenvalue weighted by Crippen LogP contribution is -2.38. The van der Waals surface area contributed by atoms with E-state index in [-0.39, 0.29) is 0 Å². The van der Waals surface area contributed by atoms with Crippen molar-refractivity contribution in [1.29, 1.82) is 0 Å². The van der Waals surface area contributed by atoms with Gasteiger partial charge in [-0.1, -0.05) is 23.4 Å². The van der Waals surface area contributed by atoms with Crippen molar-refractivity contribution in [2.24, 2.45) is 0 Å². The molecule has 0 spiro atoms. The SMILES string of the molecule is FC1(c2cnnn2-c2ccccc2)CCNCC1. The summed E-state index contributed by atoms with van der Waals surface area (Å²) in [6.45, 7) is 1.38. The maximum absolute atomic E-state index is 14.9. The van der Waals surface area contributed by atoms with Crippen LogP contribution >= 0.6 is 0 Å². The highest BCUT2D eigenvalue weighted by atomic mass is 19.1. The van der Waals surface area contributed by atoms with E-state index in [0.29, 0.717) is 31.6 Å². The smallest absolute Gasteiger partial charge is 0.156 e. The van der Waals surface area contributed by atoms with Crippen molar-refractivity contribution in [1.82, 2.24) is 20.3 Å². The molecule has 94 valence electrons. The van der Waals surface area contributed by atoms with E-state index in [2.05, 4.69) is 15.6 Å². The summed E-state index contributed by atoms with van der Waals surface area (Å²) in [5, 5.41) is 11.1. The van der Waals surface area contributed by atoms with Gasteiger partial charge in [-0.15, -0.1) is 5.10 Å². The third kappa shape index (κ3) is 1.90. The number of halogens is 1. The van der Waals surface area contributed by atoms with Gasteiger partial charge in [-0.2, -0.15) is 0 Å². The minimum absolute atomic E-state index is 0.465. The number of rotatable bonds is 2. The first kappa shape index (κ1) is 11.3. The van der Waals surface area contributed by atoms with Crippen molar-refractivity contribution < 1.29 is 4.39 Å². The fraction of sp³-hybridized carbons (Fsp3) is 0.385. The molecule has 18 heavy (non-hydrogen) atoms. The van der Waals surface area contributed by atoms with E-state index in [0.717, 1.165) is 5.69 Å². The van der Waals surface area contributed by atoms with Gasteiger partial charge in [-0.3, -0.25) is 0 Å². The first-order valence-corrected chi connectivity index (χ1v) is 6.16. The molecule has 0 radical (unpaired) electrons. The van der Waals surface area contributed by atoms with Gasteiger partial charge in [0.05, 0.1) is 11.9 Å². The van der Waals surface area contributed by atoms with Crippen LogP contribution in [0.2, 0.25) is 0 Å². The van der Waals surface area contributed by atoms with Crippen LogP contribution in [0.1, 0.15) is 18.5 Å². The molecule has 4 nitrogen and oxygen atoms in total. The number of nitrogens with one attached hydrogen (secondary N) is 1. The molecule has 0 atom stereocenters. The van der Waals surface area contributed by atoms with Crippen LogP contribution in [-0.2, 0) is 5.67 Å². The Morgan fingerprint density at radius 2 is 1.89 bits per heavy atom. The number of hydrogen-bond acceptors (Lipinski definition) is 3. The van der Waals surface area contributed by atoms with Gasteiger partial charge in [0.1, 0.15) is 5.69 Å². The number of benzene rings is 1. The van der Waals surface area contributed by atoms with Gasteiger partial charge in [-0.05, 0) is 38.1 Å². The second-order valence-corrected chi connectivity index (χ2v) is 4.58. The third-order valence-electron chi connectivity index (χ3n) is 3.41. The Bertz CT molecular complexity index is 517. The minimum atomic E-state index is -1.33. The zero-order chi connectivity index (χ0) is 12.4. The molecule has 1 aliphatic heterocycles. The summed E-state index contributed by atoms with van der Waals surface area (Å²) in [6.07, 6.45) is 2.47. The summed E-state index contributed by atoms with van der Waals surface area (Å²) in [5.41, 5.74) is 0.0701. The lowest BCUT2D eigenvalue weighted by molar-refractivity contribution is 0.107. The number of nitrogens with zero attached hydrogens (tertiary/aromatic N) is 3. The maximum Gasteiger partial charge on any atom is 0.156 e. The molecule has 1 saturated heterocycles. The van der Waals surface area contributed by atoms with Crippen LogP contribution in [0.5, 0.6) is 0 Å². The molecule has 1 aromatic heterocycles. The van der Waals surface area contributed by atoms with Gasteiger partial charge >= 0.3 is 0 Å². The van der Waals surface area contributed by atoms with Crippen molar-refractivity contribution in [2.45, 2.75) is 18.5 Å². The molecule has 2 heterocycles. The van der Waals surface area contributed by atoms with Crippen molar-refractivity contribution >= 4 is 0 Å². The van der Waals surface area contributed by atoms with Crippen LogP contribution in [0.15, 0.2) is 36.5 Å². The number of para-hydroxylation sites is 1. The Morgan fingerprint density at radius 3 is 2.61 bits per heavy atom. The maximum atomic E-state index is 14.9. The van der Waals surface area contributed by atoms with E-state index >= 15 is 0 Å². The van der Waals surface area contributed by atoms with E-state index in [1.54, 1.807) is 10.9 Å². The highest BCUT2D eigenvalue weighted by molar-refractivity contribution is 5.33. The average Bonchev–Trinajstić information content (AvgIpc) is 2.91. The van der Waals surface area contributed by atoms with Crippen molar-refractivity contribution in [3.05, 3.63) is 42.2 Å². The van der Waals surface area contributed by atoms with Crippen LogP contribution in [0.25, 0.3) is 5.69 Å². The normalized spacial score (nSPS) is 18.7. The van der Waals surface area contributed by atoms with Crippen LogP contribution < -0.4 is 5.32 Å². The average molecular weight is 246 g/mol. The van der Waals surface area contributed by atoms with E-state index in [9.17, 15) is 4.39 Å². The largest absolute Gasteiger partial charge is 0.316 e. The molecule has 3 rings (SSSR count). The Balaban J connectivity index is 2.01. The van der Waals surface area contributed by atoms with Gasteiger partial charge in [0.15, 0.2) is 5.67 Å². The van der Waals surface area contributed by atoms with E-state index < -0.39 is 5.67 Å². The molecule has 0 unspecified atom stereocenters. The lowest BCUT2D eigenvalue weighted by atomic mass is 9.91. The van der Waals surface area contributed by atoms with Crippen molar-refractivity contribution in [2.75, 3.05) is 13.1 Å². The lowest BCUT2D eigenvalue weighted by Gasteiger charge is -2.29. The number of piperidine rings is 1. The molecule has 1 N–H and O–H groups in total. The summed E-state index contributed by atoms with van der Waals surface area (Å²) >= 11 is 0. The first-order chi connectivity index (χ1) is 8.80. The molecule has 1 aromatic carbocycles. The van der Waals surface area contributed by atoms with Crippen molar-refractivity contribution in [3.8, 4) is 5.69 Å². The summed E-state index contributed by atoms with van der Waals surface area (Å²) in [5.74, 6) is 0. The molecular weight excluding hydrogens is 231 g/mol. The standard InChI is InChI=1S/C13H15FN4/c14-13(6-8-15-9-7-13)12-10-16-17-18(12)11-4-2-1-3-5-11/h1-5,10,15H,6-9H2. The second-order valence-electron chi connectivity index (χ2n) is 4.58. The summed E-state index contributed by atoms with van der Waals surface area (Å²) in [6, 6.07) is 9.56. The highest BCUT2D eigenvalue weighted by Crippen LogP contribution is 2.35. The van der Waals surface area contributed by atoms with Gasteiger partial charge < -0.3 is 5.32 Å². The van der Waals surface area contributed by atoms with Gasteiger partial charge in [-0.25, -0.2) is 9.07 Å². The molecular formula is C13H15FN4. The molecule has 1 aliphatic rings. The Labute approximate surface area is 105 Å². The molecule has 0 saturated carbocycles. The molecule has 2 aromatic rings. The van der Waals surface area contributed by atoms with Crippen LogP contribution in [-0.4, -0.2) is 28.1 Å². The van der Waals surface area contributed by atoms with Gasteiger partial charge in [0.2, 0.25) is 0 Å². The molecule has 5 heteroatoms. The topological polar surface area (TPSA) is 42.7 Å². The fourth-order valence-corrected chi connectivity index (χ4v) is 2.38. The third-order valence-corrected chi connectivity index (χ3v) is 3.41. The van der Waals surface area contributed by atoms with E-state index in [1.807, 2.05) is 30.3 Å². The molecule has 0 amide bonds. The zero-order valence-electron chi connectivity index (χ0n) is 10.0. The second kappa shape index (κ2) is 4.49. The van der Waals surface area contributed by atoms with E-state index in [1.165, 1.54) is 0 Å². The summed E-state index contributed by atoms with van der Waals surface area (Å²) in [4.78, 5) is 0. The van der Waals surface area contributed by atoms with E-state index in [4.69, 9.17) is 0 Å².